The van der Waals surface area contributed by atoms with Crippen LogP contribution >= 0.6 is 0 Å². The number of benzene rings is 1. The molecule has 1 N–H and O–H groups in total. The summed E-state index contributed by atoms with van der Waals surface area (Å²) in [5.41, 5.74) is 1.59. The highest BCUT2D eigenvalue weighted by Crippen LogP contribution is 2.24. The molecule has 8 heteroatoms. The average Bonchev–Trinajstić information content (AvgIpc) is 3.14. The average molecular weight is 431 g/mol. The fraction of sp³-hybridized carbons (Fsp3) is 0.478. The summed E-state index contributed by atoms with van der Waals surface area (Å²) in [4.78, 5) is 29.4. The van der Waals surface area contributed by atoms with Crippen molar-refractivity contribution in [3.63, 3.8) is 0 Å². The van der Waals surface area contributed by atoms with Gasteiger partial charge >= 0.3 is 6.03 Å². The predicted molar refractivity (Wildman–Crippen MR) is 121 cm³/mol. The predicted octanol–water partition coefficient (Wildman–Crippen LogP) is 3.34. The van der Waals surface area contributed by atoms with Crippen molar-refractivity contribution in [2.24, 2.45) is 7.05 Å². The molecule has 2 rings (SSSR count). The standard InChI is InChI=1S/C23H34N4O4/c1-6-31-21-12-8-7-11-20(21)24-23(29)27(18(2)3)17-22(28)26(14-15-30-5)16-19-10-9-13-25(19)4/h7-13,18H,6,14-17H2,1-5H3,(H,24,29). The van der Waals surface area contributed by atoms with Crippen LogP contribution in [0.5, 0.6) is 5.75 Å². The van der Waals surface area contributed by atoms with Gasteiger partial charge in [-0.25, -0.2) is 4.79 Å². The molecular weight excluding hydrogens is 396 g/mol. The summed E-state index contributed by atoms with van der Waals surface area (Å²) >= 11 is 0. The number of hydrogen-bond donors (Lipinski definition) is 1. The minimum atomic E-state index is -0.346. The number of amides is 3. The summed E-state index contributed by atoms with van der Waals surface area (Å²) in [6.45, 7) is 7.44. The van der Waals surface area contributed by atoms with Crippen LogP contribution in [0.2, 0.25) is 0 Å². The van der Waals surface area contributed by atoms with Crippen LogP contribution in [0.3, 0.4) is 0 Å². The second-order valence-corrected chi connectivity index (χ2v) is 7.50. The van der Waals surface area contributed by atoms with E-state index in [0.29, 0.717) is 37.7 Å². The number of nitrogens with zero attached hydrogens (tertiary/aromatic N) is 3. The van der Waals surface area contributed by atoms with E-state index in [2.05, 4.69) is 5.32 Å². The van der Waals surface area contributed by atoms with E-state index in [0.717, 1.165) is 5.69 Å². The van der Waals surface area contributed by atoms with Gasteiger partial charge in [0.1, 0.15) is 12.3 Å². The molecule has 0 fully saturated rings. The fourth-order valence-electron chi connectivity index (χ4n) is 3.12. The van der Waals surface area contributed by atoms with E-state index in [1.54, 1.807) is 24.1 Å². The lowest BCUT2D eigenvalue weighted by Gasteiger charge is -2.30. The largest absolute Gasteiger partial charge is 0.492 e. The number of hydrogen-bond acceptors (Lipinski definition) is 4. The number of carbonyl (C=O) groups excluding carboxylic acids is 2. The Hall–Kier alpha value is -3.00. The number of anilines is 1. The molecule has 0 saturated heterocycles. The summed E-state index contributed by atoms with van der Waals surface area (Å²) in [5.74, 6) is 0.457. The smallest absolute Gasteiger partial charge is 0.322 e. The van der Waals surface area contributed by atoms with Crippen LogP contribution in [-0.2, 0) is 23.1 Å². The second-order valence-electron chi connectivity index (χ2n) is 7.50. The van der Waals surface area contributed by atoms with Crippen LogP contribution < -0.4 is 10.1 Å². The van der Waals surface area contributed by atoms with Gasteiger partial charge in [-0.15, -0.1) is 0 Å². The highest BCUT2D eigenvalue weighted by molar-refractivity contribution is 5.93. The van der Waals surface area contributed by atoms with E-state index in [9.17, 15) is 9.59 Å². The van der Waals surface area contributed by atoms with Crippen molar-refractivity contribution < 1.29 is 19.1 Å². The Morgan fingerprint density at radius 1 is 1.16 bits per heavy atom. The van der Waals surface area contributed by atoms with Crippen LogP contribution in [-0.4, -0.2) is 65.8 Å². The Kier molecular flexibility index (Phi) is 9.40. The molecule has 8 nitrogen and oxygen atoms in total. The summed E-state index contributed by atoms with van der Waals surface area (Å²) in [6, 6.07) is 10.7. The van der Waals surface area contributed by atoms with Crippen LogP contribution in [0.15, 0.2) is 42.6 Å². The van der Waals surface area contributed by atoms with Gasteiger partial charge < -0.3 is 29.2 Å². The number of carbonyl (C=O) groups is 2. The van der Waals surface area contributed by atoms with Crippen molar-refractivity contribution in [1.29, 1.82) is 0 Å². The van der Waals surface area contributed by atoms with Gasteiger partial charge in [-0.2, -0.15) is 0 Å². The molecule has 1 aromatic carbocycles. The Balaban J connectivity index is 2.13. The van der Waals surface area contributed by atoms with Gasteiger partial charge in [0.05, 0.1) is 25.4 Å². The van der Waals surface area contributed by atoms with Gasteiger partial charge in [0.2, 0.25) is 5.91 Å². The normalized spacial score (nSPS) is 10.8. The molecule has 2 aromatic rings. The fourth-order valence-corrected chi connectivity index (χ4v) is 3.12. The highest BCUT2D eigenvalue weighted by Gasteiger charge is 2.24. The van der Waals surface area contributed by atoms with Gasteiger partial charge in [-0.05, 0) is 45.0 Å². The number of urea groups is 1. The van der Waals surface area contributed by atoms with Gasteiger partial charge in [-0.3, -0.25) is 4.79 Å². The molecule has 0 atom stereocenters. The lowest BCUT2D eigenvalue weighted by Crippen LogP contribution is -2.48. The first-order valence-electron chi connectivity index (χ1n) is 10.5. The molecule has 0 aliphatic carbocycles. The molecule has 0 bridgehead atoms. The number of para-hydroxylation sites is 2. The summed E-state index contributed by atoms with van der Waals surface area (Å²) < 4.78 is 12.7. The number of aromatic nitrogens is 1. The van der Waals surface area contributed by atoms with Gasteiger partial charge in [0, 0.05) is 38.6 Å². The molecule has 0 aliphatic rings. The first kappa shape index (κ1) is 24.3. The van der Waals surface area contributed by atoms with Crippen LogP contribution in [0, 0.1) is 0 Å². The molecule has 3 amide bonds. The third-order valence-corrected chi connectivity index (χ3v) is 4.94. The maximum atomic E-state index is 13.1. The van der Waals surface area contributed by atoms with Gasteiger partial charge in [0.25, 0.3) is 0 Å². The van der Waals surface area contributed by atoms with Crippen molar-refractivity contribution in [3.8, 4) is 5.75 Å². The zero-order valence-electron chi connectivity index (χ0n) is 19.1. The molecule has 0 saturated carbocycles. The molecule has 0 aliphatic heterocycles. The lowest BCUT2D eigenvalue weighted by atomic mass is 10.2. The SMILES string of the molecule is CCOc1ccccc1NC(=O)N(CC(=O)N(CCOC)Cc1cccn1C)C(C)C. The lowest BCUT2D eigenvalue weighted by molar-refractivity contribution is -0.133. The third kappa shape index (κ3) is 7.03. The maximum Gasteiger partial charge on any atom is 0.322 e. The van der Waals surface area contributed by atoms with Gasteiger partial charge in [0.15, 0.2) is 0 Å². The van der Waals surface area contributed by atoms with Gasteiger partial charge in [-0.1, -0.05) is 12.1 Å². The van der Waals surface area contributed by atoms with Crippen molar-refractivity contribution in [2.45, 2.75) is 33.4 Å². The molecule has 31 heavy (non-hydrogen) atoms. The quantitative estimate of drug-likeness (QED) is 0.593. The number of methoxy groups -OCH3 is 1. The zero-order chi connectivity index (χ0) is 22.8. The van der Waals surface area contributed by atoms with E-state index < -0.39 is 0 Å². The monoisotopic (exact) mass is 430 g/mol. The molecule has 0 unspecified atom stereocenters. The molecule has 0 radical (unpaired) electrons. The number of rotatable bonds is 11. The first-order valence-corrected chi connectivity index (χ1v) is 10.5. The highest BCUT2D eigenvalue weighted by atomic mass is 16.5. The Labute approximate surface area is 184 Å². The van der Waals surface area contributed by atoms with Crippen LogP contribution in [0.4, 0.5) is 10.5 Å². The second kappa shape index (κ2) is 12.0. The van der Waals surface area contributed by atoms with Crippen molar-refractivity contribution in [2.75, 3.05) is 38.7 Å². The Morgan fingerprint density at radius 3 is 2.52 bits per heavy atom. The topological polar surface area (TPSA) is 76.0 Å². The number of nitrogens with one attached hydrogen (secondary N) is 1. The maximum absolute atomic E-state index is 13.1. The summed E-state index contributed by atoms with van der Waals surface area (Å²) in [5, 5.41) is 2.88. The minimum Gasteiger partial charge on any atom is -0.492 e. The Bertz CT molecular complexity index is 850. The van der Waals surface area contributed by atoms with Crippen LogP contribution in [0.25, 0.3) is 0 Å². The summed E-state index contributed by atoms with van der Waals surface area (Å²) in [7, 11) is 3.55. The zero-order valence-corrected chi connectivity index (χ0v) is 19.1. The van der Waals surface area contributed by atoms with Crippen LogP contribution in [0.1, 0.15) is 26.5 Å². The molecule has 170 valence electrons. The van der Waals surface area contributed by atoms with E-state index in [4.69, 9.17) is 9.47 Å². The van der Waals surface area contributed by atoms with Crippen molar-refractivity contribution >= 4 is 17.6 Å². The molecule has 0 spiro atoms. The summed E-state index contributed by atoms with van der Waals surface area (Å²) in [6.07, 6.45) is 1.94. The molecule has 1 heterocycles. The van der Waals surface area contributed by atoms with Crippen molar-refractivity contribution in [3.05, 3.63) is 48.3 Å². The van der Waals surface area contributed by atoms with E-state index in [1.165, 1.54) is 4.90 Å². The number of ether oxygens (including phenoxy) is 2. The van der Waals surface area contributed by atoms with Crippen molar-refractivity contribution in [1.82, 2.24) is 14.4 Å². The van der Waals surface area contributed by atoms with E-state index in [-0.39, 0.29) is 24.5 Å². The third-order valence-electron chi connectivity index (χ3n) is 4.94. The Morgan fingerprint density at radius 2 is 1.90 bits per heavy atom. The molecule has 1 aromatic heterocycles. The number of aryl methyl sites for hydroxylation is 1. The molecular formula is C23H34N4O4. The van der Waals surface area contributed by atoms with E-state index >= 15 is 0 Å². The minimum absolute atomic E-state index is 0.0333. The van der Waals surface area contributed by atoms with E-state index in [1.807, 2.05) is 62.8 Å². The first-order chi connectivity index (χ1) is 14.9.